The van der Waals surface area contributed by atoms with Crippen LogP contribution in [0.15, 0.2) is 9.00 Å². The third-order valence-corrected chi connectivity index (χ3v) is 5.35. The number of nitrogens with zero attached hydrogens (tertiary/aromatic N) is 1. The van der Waals surface area contributed by atoms with Gasteiger partial charge in [-0.1, -0.05) is 11.3 Å². The van der Waals surface area contributed by atoms with Crippen LogP contribution < -0.4 is 4.87 Å². The topological polar surface area (TPSA) is 90.5 Å². The van der Waals surface area contributed by atoms with Gasteiger partial charge >= 0.3 is 4.87 Å². The molecule has 0 saturated heterocycles. The van der Waals surface area contributed by atoms with Crippen LogP contribution in [-0.4, -0.2) is 42.5 Å². The Kier molecular flexibility index (Phi) is 3.89. The van der Waals surface area contributed by atoms with Gasteiger partial charge in [0.15, 0.2) is 4.21 Å². The molecule has 0 aliphatic carbocycles. The van der Waals surface area contributed by atoms with Gasteiger partial charge in [0.1, 0.15) is 0 Å². The Labute approximate surface area is 97.6 Å². The van der Waals surface area contributed by atoms with Crippen LogP contribution in [0, 0.1) is 6.92 Å². The molecule has 0 fully saturated rings. The van der Waals surface area contributed by atoms with Crippen molar-refractivity contribution < 1.29 is 13.5 Å². The van der Waals surface area contributed by atoms with Gasteiger partial charge in [-0.25, -0.2) is 8.42 Å². The molecule has 1 rings (SSSR count). The molecule has 1 aromatic heterocycles. The van der Waals surface area contributed by atoms with E-state index in [2.05, 4.69) is 4.98 Å². The summed E-state index contributed by atoms with van der Waals surface area (Å²) in [6, 6.07) is 0. The Bertz CT molecular complexity index is 514. The van der Waals surface area contributed by atoms with Gasteiger partial charge < -0.3 is 10.1 Å². The van der Waals surface area contributed by atoms with Crippen LogP contribution in [0.5, 0.6) is 0 Å². The molecular weight excluding hydrogens is 252 g/mol. The maximum absolute atomic E-state index is 12.0. The first-order valence-electron chi connectivity index (χ1n) is 4.59. The van der Waals surface area contributed by atoms with Gasteiger partial charge in [-0.2, -0.15) is 4.31 Å². The van der Waals surface area contributed by atoms with Gasteiger partial charge in [0.2, 0.25) is 0 Å². The molecule has 6 nitrogen and oxygen atoms in total. The molecule has 1 heterocycles. The first-order valence-corrected chi connectivity index (χ1v) is 6.85. The normalized spacial score (nSPS) is 14.3. The van der Waals surface area contributed by atoms with Crippen LogP contribution in [0.2, 0.25) is 0 Å². The Morgan fingerprint density at radius 3 is 2.50 bits per heavy atom. The highest BCUT2D eigenvalue weighted by Gasteiger charge is 2.26. The van der Waals surface area contributed by atoms with Crippen molar-refractivity contribution in [1.29, 1.82) is 0 Å². The summed E-state index contributed by atoms with van der Waals surface area (Å²) in [7, 11) is -2.32. The van der Waals surface area contributed by atoms with Gasteiger partial charge in [-0.15, -0.1) is 0 Å². The summed E-state index contributed by atoms with van der Waals surface area (Å²) in [6.45, 7) is 3.02. The maximum Gasteiger partial charge on any atom is 0.305 e. The highest BCUT2D eigenvalue weighted by atomic mass is 32.2. The van der Waals surface area contributed by atoms with E-state index in [9.17, 15) is 13.2 Å². The van der Waals surface area contributed by atoms with Gasteiger partial charge in [0.05, 0.1) is 6.10 Å². The Morgan fingerprint density at radius 1 is 1.56 bits per heavy atom. The molecule has 16 heavy (non-hydrogen) atoms. The number of thiazole rings is 1. The minimum absolute atomic E-state index is 0.000602. The van der Waals surface area contributed by atoms with Crippen molar-refractivity contribution in [2.24, 2.45) is 0 Å². The van der Waals surface area contributed by atoms with Crippen molar-refractivity contribution in [3.63, 3.8) is 0 Å². The molecule has 0 bridgehead atoms. The summed E-state index contributed by atoms with van der Waals surface area (Å²) in [5.41, 5.74) is 0.326. The number of sulfonamides is 1. The summed E-state index contributed by atoms with van der Waals surface area (Å²) in [4.78, 5) is 13.0. The smallest absolute Gasteiger partial charge is 0.305 e. The van der Waals surface area contributed by atoms with Crippen molar-refractivity contribution in [3.8, 4) is 0 Å². The molecule has 1 unspecified atom stereocenters. The molecular formula is C8H14N2O4S2. The van der Waals surface area contributed by atoms with Crippen LogP contribution >= 0.6 is 11.3 Å². The zero-order valence-corrected chi connectivity index (χ0v) is 10.9. The first kappa shape index (κ1) is 13.4. The molecule has 8 heteroatoms. The molecule has 0 aromatic carbocycles. The molecule has 0 spiro atoms. The van der Waals surface area contributed by atoms with Crippen molar-refractivity contribution in [2.45, 2.75) is 24.2 Å². The standard InChI is InChI=1S/C8H14N2O4S2/c1-5(11)4-10(3)16(13,14)7-6(2)9-8(12)15-7/h5,11H,4H2,1-3H3,(H,9,12). The second-order valence-electron chi connectivity index (χ2n) is 3.56. The molecule has 0 radical (unpaired) electrons. The lowest BCUT2D eigenvalue weighted by atomic mass is 10.4. The average Bonchev–Trinajstić information content (AvgIpc) is 2.44. The number of aromatic amines is 1. The number of aliphatic hydroxyl groups excluding tert-OH is 1. The predicted octanol–water partition coefficient (Wildman–Crippen LogP) is -0.254. The fourth-order valence-electron chi connectivity index (χ4n) is 1.25. The monoisotopic (exact) mass is 266 g/mol. The molecule has 0 aliphatic rings. The Hall–Kier alpha value is -0.700. The number of aliphatic hydroxyl groups is 1. The lowest BCUT2D eigenvalue weighted by molar-refractivity contribution is 0.171. The fraction of sp³-hybridized carbons (Fsp3) is 0.625. The fourth-order valence-corrected chi connectivity index (χ4v) is 3.99. The second kappa shape index (κ2) is 4.66. The zero-order chi connectivity index (χ0) is 12.5. The number of aromatic nitrogens is 1. The van der Waals surface area contributed by atoms with Crippen molar-refractivity contribution in [2.75, 3.05) is 13.6 Å². The molecule has 1 atom stereocenters. The molecule has 1 aromatic rings. The van der Waals surface area contributed by atoms with Crippen LogP contribution in [0.1, 0.15) is 12.6 Å². The van der Waals surface area contributed by atoms with E-state index in [4.69, 9.17) is 5.11 Å². The first-order chi connectivity index (χ1) is 7.25. The highest BCUT2D eigenvalue weighted by Crippen LogP contribution is 2.19. The van der Waals surface area contributed by atoms with Crippen LogP contribution in [0.3, 0.4) is 0 Å². The van der Waals surface area contributed by atoms with Crippen molar-refractivity contribution >= 4 is 21.4 Å². The number of likely N-dealkylation sites (N-methyl/N-ethyl adjacent to an activating group) is 1. The summed E-state index contributed by atoms with van der Waals surface area (Å²) < 4.78 is 25.0. The maximum atomic E-state index is 12.0. The minimum Gasteiger partial charge on any atom is -0.392 e. The van der Waals surface area contributed by atoms with Gasteiger partial charge in [0.25, 0.3) is 10.0 Å². The Balaban J connectivity index is 3.12. The Morgan fingerprint density at radius 2 is 2.12 bits per heavy atom. The van der Waals surface area contributed by atoms with E-state index in [1.54, 1.807) is 0 Å². The van der Waals surface area contributed by atoms with Crippen molar-refractivity contribution in [3.05, 3.63) is 15.4 Å². The minimum atomic E-state index is -3.68. The quantitative estimate of drug-likeness (QED) is 0.786. The van der Waals surface area contributed by atoms with E-state index in [1.165, 1.54) is 20.9 Å². The number of H-pyrrole nitrogens is 1. The number of hydrogen-bond donors (Lipinski definition) is 2. The van der Waals surface area contributed by atoms with Gasteiger partial charge in [-0.3, -0.25) is 4.79 Å². The second-order valence-corrected chi connectivity index (χ2v) is 6.78. The lowest BCUT2D eigenvalue weighted by Gasteiger charge is -2.17. The number of aryl methyl sites for hydroxylation is 1. The number of hydrogen-bond acceptors (Lipinski definition) is 5. The van der Waals surface area contributed by atoms with E-state index in [0.29, 0.717) is 17.0 Å². The zero-order valence-electron chi connectivity index (χ0n) is 9.22. The molecule has 0 amide bonds. The predicted molar refractivity (Wildman–Crippen MR) is 61.2 cm³/mol. The molecule has 0 aliphatic heterocycles. The van der Waals surface area contributed by atoms with E-state index < -0.39 is 21.0 Å². The van der Waals surface area contributed by atoms with Crippen molar-refractivity contribution in [1.82, 2.24) is 9.29 Å². The van der Waals surface area contributed by atoms with Gasteiger partial charge in [-0.05, 0) is 13.8 Å². The summed E-state index contributed by atoms with van der Waals surface area (Å²) in [5.74, 6) is 0. The highest BCUT2D eigenvalue weighted by molar-refractivity contribution is 7.91. The molecule has 92 valence electrons. The third kappa shape index (κ3) is 2.70. The van der Waals surface area contributed by atoms with E-state index >= 15 is 0 Å². The third-order valence-electron chi connectivity index (χ3n) is 1.95. The van der Waals surface area contributed by atoms with E-state index in [1.807, 2.05) is 0 Å². The summed E-state index contributed by atoms with van der Waals surface area (Å²) >= 11 is 0.654. The largest absolute Gasteiger partial charge is 0.392 e. The lowest BCUT2D eigenvalue weighted by Crippen LogP contribution is -2.33. The van der Waals surface area contributed by atoms with Crippen LogP contribution in [0.4, 0.5) is 0 Å². The average molecular weight is 266 g/mol. The van der Waals surface area contributed by atoms with Gasteiger partial charge in [0, 0.05) is 19.3 Å². The molecule has 2 N–H and O–H groups in total. The SMILES string of the molecule is Cc1[nH]c(=O)sc1S(=O)(=O)N(C)CC(C)O. The van der Waals surface area contributed by atoms with Crippen LogP contribution in [0.25, 0.3) is 0 Å². The van der Waals surface area contributed by atoms with E-state index in [0.717, 1.165) is 4.31 Å². The summed E-state index contributed by atoms with van der Waals surface area (Å²) in [6.07, 6.45) is -0.754. The van der Waals surface area contributed by atoms with E-state index in [-0.39, 0.29) is 10.8 Å². The van der Waals surface area contributed by atoms with Crippen LogP contribution in [-0.2, 0) is 10.0 Å². The number of rotatable bonds is 4. The molecule has 0 saturated carbocycles. The number of nitrogens with one attached hydrogen (secondary N) is 1. The summed E-state index contributed by atoms with van der Waals surface area (Å²) in [5, 5.41) is 9.14.